The van der Waals surface area contributed by atoms with Crippen LogP contribution in [-0.4, -0.2) is 23.0 Å². The SMILES string of the molecule is C[C@@H]1C[C@@H](C)CN(Cc2ccc3oc(-c4ccccc4Br)nc3c2)C1. The molecule has 3 nitrogen and oxygen atoms in total. The van der Waals surface area contributed by atoms with Crippen molar-refractivity contribution in [1.29, 1.82) is 0 Å². The molecule has 1 saturated heterocycles. The number of hydrogen-bond acceptors (Lipinski definition) is 3. The Morgan fingerprint density at radius 1 is 1.12 bits per heavy atom. The molecule has 2 atom stereocenters. The number of aromatic nitrogens is 1. The van der Waals surface area contributed by atoms with Crippen LogP contribution in [0.15, 0.2) is 51.4 Å². The molecule has 0 amide bonds. The average molecular weight is 399 g/mol. The van der Waals surface area contributed by atoms with Crippen LogP contribution in [0.3, 0.4) is 0 Å². The first-order valence-electron chi connectivity index (χ1n) is 8.95. The molecule has 0 N–H and O–H groups in total. The summed E-state index contributed by atoms with van der Waals surface area (Å²) < 4.78 is 6.96. The highest BCUT2D eigenvalue weighted by Gasteiger charge is 2.22. The van der Waals surface area contributed by atoms with Crippen molar-refractivity contribution in [2.45, 2.75) is 26.8 Å². The molecule has 1 aliphatic heterocycles. The van der Waals surface area contributed by atoms with Crippen molar-refractivity contribution in [2.24, 2.45) is 11.8 Å². The number of likely N-dealkylation sites (tertiary alicyclic amines) is 1. The fourth-order valence-corrected chi connectivity index (χ4v) is 4.45. The Balaban J connectivity index is 1.59. The maximum absolute atomic E-state index is 5.96. The Bertz CT molecular complexity index is 878. The van der Waals surface area contributed by atoms with E-state index in [0.717, 1.165) is 39.5 Å². The minimum Gasteiger partial charge on any atom is -0.436 e. The fraction of sp³-hybridized carbons (Fsp3) is 0.381. The highest BCUT2D eigenvalue weighted by molar-refractivity contribution is 9.10. The second kappa shape index (κ2) is 6.93. The molecule has 25 heavy (non-hydrogen) atoms. The van der Waals surface area contributed by atoms with Crippen molar-refractivity contribution in [3.8, 4) is 11.5 Å². The van der Waals surface area contributed by atoms with E-state index < -0.39 is 0 Å². The number of oxazole rings is 1. The average Bonchev–Trinajstić information content (AvgIpc) is 2.97. The summed E-state index contributed by atoms with van der Waals surface area (Å²) in [6.07, 6.45) is 1.34. The number of nitrogens with zero attached hydrogens (tertiary/aromatic N) is 2. The van der Waals surface area contributed by atoms with Crippen molar-refractivity contribution in [1.82, 2.24) is 9.88 Å². The van der Waals surface area contributed by atoms with Crippen LogP contribution in [0.4, 0.5) is 0 Å². The predicted octanol–water partition coefficient (Wildman–Crippen LogP) is 5.74. The summed E-state index contributed by atoms with van der Waals surface area (Å²) in [5.41, 5.74) is 4.07. The summed E-state index contributed by atoms with van der Waals surface area (Å²) in [4.78, 5) is 7.28. The standard InChI is InChI=1S/C21H23BrN2O/c1-14-9-15(2)12-24(11-14)13-16-7-8-20-19(10-16)23-21(25-20)17-5-3-4-6-18(17)22/h3-8,10,14-15H,9,11-13H2,1-2H3/t14-,15-/m1/s1. The third-order valence-electron chi connectivity index (χ3n) is 4.91. The summed E-state index contributed by atoms with van der Waals surface area (Å²) in [6, 6.07) is 14.4. The first-order valence-corrected chi connectivity index (χ1v) is 9.74. The van der Waals surface area contributed by atoms with Crippen LogP contribution in [0, 0.1) is 11.8 Å². The van der Waals surface area contributed by atoms with Crippen LogP contribution in [0.1, 0.15) is 25.8 Å². The summed E-state index contributed by atoms with van der Waals surface area (Å²) in [5.74, 6) is 2.22. The Morgan fingerprint density at radius 3 is 2.64 bits per heavy atom. The van der Waals surface area contributed by atoms with Crippen molar-refractivity contribution >= 4 is 27.0 Å². The topological polar surface area (TPSA) is 29.3 Å². The third kappa shape index (κ3) is 3.65. The third-order valence-corrected chi connectivity index (χ3v) is 5.60. The van der Waals surface area contributed by atoms with Gasteiger partial charge in [-0.1, -0.05) is 32.0 Å². The largest absolute Gasteiger partial charge is 0.436 e. The summed E-state index contributed by atoms with van der Waals surface area (Å²) in [7, 11) is 0. The van der Waals surface area contributed by atoms with Crippen LogP contribution < -0.4 is 0 Å². The van der Waals surface area contributed by atoms with Gasteiger partial charge in [0, 0.05) is 24.1 Å². The van der Waals surface area contributed by atoms with Crippen LogP contribution in [-0.2, 0) is 6.54 Å². The van der Waals surface area contributed by atoms with Gasteiger partial charge in [0.05, 0.1) is 5.56 Å². The van der Waals surface area contributed by atoms with Gasteiger partial charge in [0.2, 0.25) is 5.89 Å². The lowest BCUT2D eigenvalue weighted by Gasteiger charge is -2.34. The Morgan fingerprint density at radius 2 is 1.88 bits per heavy atom. The lowest BCUT2D eigenvalue weighted by Crippen LogP contribution is -2.38. The van der Waals surface area contributed by atoms with Gasteiger partial charge in [-0.05, 0) is 64.0 Å². The molecule has 2 heterocycles. The van der Waals surface area contributed by atoms with E-state index in [2.05, 4.69) is 52.9 Å². The van der Waals surface area contributed by atoms with Crippen LogP contribution in [0.5, 0.6) is 0 Å². The summed E-state index contributed by atoms with van der Waals surface area (Å²) in [6.45, 7) is 8.07. The minimum absolute atomic E-state index is 0.667. The van der Waals surface area contributed by atoms with Gasteiger partial charge >= 0.3 is 0 Å². The van der Waals surface area contributed by atoms with Crippen LogP contribution in [0.25, 0.3) is 22.6 Å². The van der Waals surface area contributed by atoms with Crippen molar-refractivity contribution in [2.75, 3.05) is 13.1 Å². The second-order valence-corrected chi connectivity index (χ2v) is 8.30. The molecule has 0 radical (unpaired) electrons. The number of piperidine rings is 1. The van der Waals surface area contributed by atoms with Crippen LogP contribution >= 0.6 is 15.9 Å². The van der Waals surface area contributed by atoms with E-state index in [4.69, 9.17) is 9.40 Å². The van der Waals surface area contributed by atoms with Gasteiger partial charge in [-0.15, -0.1) is 0 Å². The molecule has 1 fully saturated rings. The summed E-state index contributed by atoms with van der Waals surface area (Å²) >= 11 is 3.57. The highest BCUT2D eigenvalue weighted by Crippen LogP contribution is 2.30. The van der Waals surface area contributed by atoms with E-state index in [9.17, 15) is 0 Å². The van der Waals surface area contributed by atoms with E-state index in [1.807, 2.05) is 24.3 Å². The molecule has 130 valence electrons. The van der Waals surface area contributed by atoms with Gasteiger partial charge in [-0.25, -0.2) is 4.98 Å². The molecule has 0 saturated carbocycles. The molecule has 4 rings (SSSR count). The molecule has 4 heteroatoms. The molecule has 1 aliphatic rings. The normalized spacial score (nSPS) is 21.7. The van der Waals surface area contributed by atoms with Crippen molar-refractivity contribution in [3.05, 3.63) is 52.5 Å². The van der Waals surface area contributed by atoms with Gasteiger partial charge in [-0.2, -0.15) is 0 Å². The number of halogens is 1. The molecular formula is C21H23BrN2O. The van der Waals surface area contributed by atoms with E-state index in [0.29, 0.717) is 5.89 Å². The number of fused-ring (bicyclic) bond motifs is 1. The number of rotatable bonds is 3. The van der Waals surface area contributed by atoms with Gasteiger partial charge in [-0.3, -0.25) is 4.90 Å². The second-order valence-electron chi connectivity index (χ2n) is 7.44. The predicted molar refractivity (Wildman–Crippen MR) is 105 cm³/mol. The summed E-state index contributed by atoms with van der Waals surface area (Å²) in [5, 5.41) is 0. The van der Waals surface area contributed by atoms with E-state index in [1.165, 1.54) is 25.1 Å². The van der Waals surface area contributed by atoms with Crippen LogP contribution in [0.2, 0.25) is 0 Å². The molecule has 3 aromatic rings. The smallest absolute Gasteiger partial charge is 0.228 e. The van der Waals surface area contributed by atoms with Crippen molar-refractivity contribution < 1.29 is 4.42 Å². The highest BCUT2D eigenvalue weighted by atomic mass is 79.9. The zero-order valence-electron chi connectivity index (χ0n) is 14.7. The molecule has 0 unspecified atom stereocenters. The Kier molecular flexibility index (Phi) is 4.65. The lowest BCUT2D eigenvalue weighted by atomic mass is 9.91. The van der Waals surface area contributed by atoms with E-state index in [-0.39, 0.29) is 0 Å². The monoisotopic (exact) mass is 398 g/mol. The zero-order valence-corrected chi connectivity index (χ0v) is 16.3. The number of benzene rings is 2. The molecule has 0 spiro atoms. The molecule has 2 aromatic carbocycles. The lowest BCUT2D eigenvalue weighted by molar-refractivity contribution is 0.134. The van der Waals surface area contributed by atoms with E-state index >= 15 is 0 Å². The Labute approximate surface area is 157 Å². The van der Waals surface area contributed by atoms with Gasteiger partial charge in [0.25, 0.3) is 0 Å². The molecular weight excluding hydrogens is 376 g/mol. The minimum atomic E-state index is 0.667. The van der Waals surface area contributed by atoms with Gasteiger partial charge in [0.15, 0.2) is 5.58 Å². The first-order chi connectivity index (χ1) is 12.1. The zero-order chi connectivity index (χ0) is 17.4. The van der Waals surface area contributed by atoms with Crippen molar-refractivity contribution in [3.63, 3.8) is 0 Å². The van der Waals surface area contributed by atoms with E-state index in [1.54, 1.807) is 0 Å². The fourth-order valence-electron chi connectivity index (χ4n) is 4.00. The quantitative estimate of drug-likeness (QED) is 0.563. The molecule has 0 aliphatic carbocycles. The van der Waals surface area contributed by atoms with Gasteiger partial charge < -0.3 is 4.42 Å². The number of hydrogen-bond donors (Lipinski definition) is 0. The van der Waals surface area contributed by atoms with Gasteiger partial charge in [0.1, 0.15) is 5.52 Å². The molecule has 0 bridgehead atoms. The first kappa shape index (κ1) is 16.8. The maximum atomic E-state index is 5.96. The maximum Gasteiger partial charge on any atom is 0.228 e. The molecule has 1 aromatic heterocycles. The Hall–Kier alpha value is -1.65.